The van der Waals surface area contributed by atoms with Crippen LogP contribution >= 0.6 is 0 Å². The molecule has 0 saturated heterocycles. The molecule has 1 aliphatic rings. The average Bonchev–Trinajstić information content (AvgIpc) is 2.26. The molecule has 0 aromatic rings. The minimum Gasteiger partial charge on any atom is -0.330 e. The molecular formula is C11H22N2. The third-order valence-corrected chi connectivity index (χ3v) is 2.89. The number of nitrogens with two attached hydrogens (primary N) is 1. The zero-order valence-electron chi connectivity index (χ0n) is 8.97. The van der Waals surface area contributed by atoms with Crippen LogP contribution in [0.4, 0.5) is 0 Å². The maximum atomic E-state index is 5.51. The zero-order valence-corrected chi connectivity index (χ0v) is 8.97. The summed E-state index contributed by atoms with van der Waals surface area (Å²) in [6.45, 7) is 8.91. The van der Waals surface area contributed by atoms with Gasteiger partial charge in [0.25, 0.3) is 0 Å². The lowest BCUT2D eigenvalue weighted by Crippen LogP contribution is -2.28. The summed E-state index contributed by atoms with van der Waals surface area (Å²) >= 11 is 0. The molecule has 0 fully saturated rings. The second-order valence-corrected chi connectivity index (χ2v) is 4.08. The normalized spacial score (nSPS) is 20.5. The summed E-state index contributed by atoms with van der Waals surface area (Å²) in [7, 11) is 0. The Morgan fingerprint density at radius 1 is 1.31 bits per heavy atom. The fraction of sp³-hybridized carbons (Fsp3) is 0.818. The van der Waals surface area contributed by atoms with E-state index in [1.807, 2.05) is 0 Å². The van der Waals surface area contributed by atoms with E-state index in [4.69, 9.17) is 5.73 Å². The second kappa shape index (κ2) is 5.40. The van der Waals surface area contributed by atoms with Crippen LogP contribution in [0, 0.1) is 0 Å². The Balaban J connectivity index is 2.41. The van der Waals surface area contributed by atoms with Crippen LogP contribution in [0.2, 0.25) is 0 Å². The molecule has 0 aromatic carbocycles. The molecule has 1 aliphatic heterocycles. The molecule has 0 saturated carbocycles. The highest BCUT2D eigenvalue weighted by molar-refractivity contribution is 5.12. The van der Waals surface area contributed by atoms with Crippen LogP contribution in [0.1, 0.15) is 33.1 Å². The molecule has 76 valence electrons. The van der Waals surface area contributed by atoms with Gasteiger partial charge in [-0.2, -0.15) is 0 Å². The molecule has 0 atom stereocenters. The SMILES string of the molecule is CC1=C(C)CN(CCCN)CCC1. The van der Waals surface area contributed by atoms with Gasteiger partial charge >= 0.3 is 0 Å². The van der Waals surface area contributed by atoms with Gasteiger partial charge in [0.1, 0.15) is 0 Å². The lowest BCUT2D eigenvalue weighted by atomic mass is 10.1. The number of hydrogen-bond donors (Lipinski definition) is 1. The largest absolute Gasteiger partial charge is 0.330 e. The van der Waals surface area contributed by atoms with Crippen molar-refractivity contribution in [2.24, 2.45) is 5.73 Å². The van der Waals surface area contributed by atoms with E-state index in [-0.39, 0.29) is 0 Å². The van der Waals surface area contributed by atoms with E-state index in [1.165, 1.54) is 25.9 Å². The summed E-state index contributed by atoms with van der Waals surface area (Å²) < 4.78 is 0. The van der Waals surface area contributed by atoms with Crippen molar-refractivity contribution in [3.05, 3.63) is 11.1 Å². The molecule has 0 aliphatic carbocycles. The second-order valence-electron chi connectivity index (χ2n) is 4.08. The molecule has 2 N–H and O–H groups in total. The van der Waals surface area contributed by atoms with Crippen molar-refractivity contribution in [2.75, 3.05) is 26.2 Å². The van der Waals surface area contributed by atoms with Gasteiger partial charge in [0.05, 0.1) is 0 Å². The Bertz CT molecular complexity index is 185. The van der Waals surface area contributed by atoms with Gasteiger partial charge in [0.15, 0.2) is 0 Å². The Kier molecular flexibility index (Phi) is 4.46. The van der Waals surface area contributed by atoms with Crippen molar-refractivity contribution in [1.29, 1.82) is 0 Å². The summed E-state index contributed by atoms with van der Waals surface area (Å²) in [5, 5.41) is 0. The molecule has 0 radical (unpaired) electrons. The summed E-state index contributed by atoms with van der Waals surface area (Å²) in [5.41, 5.74) is 8.67. The van der Waals surface area contributed by atoms with Crippen LogP contribution in [-0.4, -0.2) is 31.1 Å². The lowest BCUT2D eigenvalue weighted by Gasteiger charge is -2.20. The van der Waals surface area contributed by atoms with Gasteiger partial charge in [0.2, 0.25) is 0 Å². The third kappa shape index (κ3) is 3.49. The summed E-state index contributed by atoms with van der Waals surface area (Å²) in [5.74, 6) is 0. The monoisotopic (exact) mass is 182 g/mol. The van der Waals surface area contributed by atoms with Gasteiger partial charge in [0, 0.05) is 6.54 Å². The highest BCUT2D eigenvalue weighted by atomic mass is 15.1. The molecule has 0 bridgehead atoms. The summed E-state index contributed by atoms with van der Waals surface area (Å²) in [6, 6.07) is 0. The first kappa shape index (κ1) is 10.7. The quantitative estimate of drug-likeness (QED) is 0.674. The van der Waals surface area contributed by atoms with Gasteiger partial charge in [-0.25, -0.2) is 0 Å². The van der Waals surface area contributed by atoms with Gasteiger partial charge in [-0.3, -0.25) is 4.90 Å². The predicted octanol–water partition coefficient (Wildman–Crippen LogP) is 1.77. The Morgan fingerprint density at radius 2 is 2.08 bits per heavy atom. The van der Waals surface area contributed by atoms with E-state index in [1.54, 1.807) is 11.1 Å². The maximum absolute atomic E-state index is 5.51. The van der Waals surface area contributed by atoms with E-state index in [2.05, 4.69) is 18.7 Å². The molecule has 0 unspecified atom stereocenters. The topological polar surface area (TPSA) is 29.3 Å². The Morgan fingerprint density at radius 3 is 2.77 bits per heavy atom. The maximum Gasteiger partial charge on any atom is 0.0192 e. The van der Waals surface area contributed by atoms with Crippen molar-refractivity contribution in [3.63, 3.8) is 0 Å². The van der Waals surface area contributed by atoms with Crippen LogP contribution in [0.15, 0.2) is 11.1 Å². The minimum atomic E-state index is 0.818. The fourth-order valence-corrected chi connectivity index (χ4v) is 1.84. The van der Waals surface area contributed by atoms with Crippen LogP contribution in [0.5, 0.6) is 0 Å². The number of rotatable bonds is 3. The van der Waals surface area contributed by atoms with Crippen molar-refractivity contribution < 1.29 is 0 Å². The van der Waals surface area contributed by atoms with Crippen LogP contribution in [0.3, 0.4) is 0 Å². The van der Waals surface area contributed by atoms with Gasteiger partial charge in [-0.15, -0.1) is 0 Å². The van der Waals surface area contributed by atoms with Crippen molar-refractivity contribution >= 4 is 0 Å². The number of hydrogen-bond acceptors (Lipinski definition) is 2. The minimum absolute atomic E-state index is 0.818. The predicted molar refractivity (Wildman–Crippen MR) is 57.7 cm³/mol. The smallest absolute Gasteiger partial charge is 0.0192 e. The summed E-state index contributed by atoms with van der Waals surface area (Å²) in [6.07, 6.45) is 3.73. The van der Waals surface area contributed by atoms with Gasteiger partial charge in [-0.05, 0) is 52.7 Å². The van der Waals surface area contributed by atoms with Gasteiger partial charge < -0.3 is 5.73 Å². The average molecular weight is 182 g/mol. The number of allylic oxidation sites excluding steroid dienone is 1. The van der Waals surface area contributed by atoms with Crippen LogP contribution in [-0.2, 0) is 0 Å². The molecule has 0 aromatic heterocycles. The Hall–Kier alpha value is -0.340. The first-order valence-corrected chi connectivity index (χ1v) is 5.31. The first-order chi connectivity index (χ1) is 6.24. The molecule has 0 spiro atoms. The van der Waals surface area contributed by atoms with E-state index >= 15 is 0 Å². The van der Waals surface area contributed by atoms with E-state index in [0.717, 1.165) is 19.5 Å². The molecule has 1 rings (SSSR count). The van der Waals surface area contributed by atoms with Crippen LogP contribution in [0.25, 0.3) is 0 Å². The Labute approximate surface area is 81.8 Å². The molecule has 2 nitrogen and oxygen atoms in total. The van der Waals surface area contributed by atoms with Crippen LogP contribution < -0.4 is 5.73 Å². The van der Waals surface area contributed by atoms with Crippen molar-refractivity contribution in [1.82, 2.24) is 4.90 Å². The fourth-order valence-electron chi connectivity index (χ4n) is 1.84. The molecule has 13 heavy (non-hydrogen) atoms. The highest BCUT2D eigenvalue weighted by Gasteiger charge is 2.10. The summed E-state index contributed by atoms with van der Waals surface area (Å²) in [4.78, 5) is 2.53. The van der Waals surface area contributed by atoms with E-state index in [9.17, 15) is 0 Å². The lowest BCUT2D eigenvalue weighted by molar-refractivity contribution is 0.297. The molecule has 1 heterocycles. The standard InChI is InChI=1S/C11H22N2/c1-10-5-3-7-13(8-4-6-12)9-11(10)2/h3-9,12H2,1-2H3. The van der Waals surface area contributed by atoms with Crippen molar-refractivity contribution in [3.8, 4) is 0 Å². The van der Waals surface area contributed by atoms with Crippen molar-refractivity contribution in [2.45, 2.75) is 33.1 Å². The van der Waals surface area contributed by atoms with E-state index < -0.39 is 0 Å². The highest BCUT2D eigenvalue weighted by Crippen LogP contribution is 2.16. The zero-order chi connectivity index (χ0) is 9.68. The third-order valence-electron chi connectivity index (χ3n) is 2.89. The molecular weight excluding hydrogens is 160 g/mol. The molecule has 0 amide bonds. The first-order valence-electron chi connectivity index (χ1n) is 5.31. The van der Waals surface area contributed by atoms with Gasteiger partial charge in [-0.1, -0.05) is 11.1 Å². The van der Waals surface area contributed by atoms with E-state index in [0.29, 0.717) is 0 Å². The number of nitrogens with zero attached hydrogens (tertiary/aromatic N) is 1. The molecule has 2 heteroatoms.